The Morgan fingerprint density at radius 1 is 1.20 bits per heavy atom. The summed E-state index contributed by atoms with van der Waals surface area (Å²) in [6.45, 7) is 1.56. The van der Waals surface area contributed by atoms with Crippen LogP contribution in [-0.4, -0.2) is 35.7 Å². The minimum absolute atomic E-state index is 0.0462. The molecule has 2 amide bonds. The molecule has 2 aromatic rings. The van der Waals surface area contributed by atoms with Crippen LogP contribution in [0.4, 0.5) is 4.79 Å². The number of morpholine rings is 1. The molecule has 1 heterocycles. The summed E-state index contributed by atoms with van der Waals surface area (Å²) < 4.78 is 5.79. The van der Waals surface area contributed by atoms with Crippen molar-refractivity contribution in [1.29, 1.82) is 0 Å². The van der Waals surface area contributed by atoms with Crippen LogP contribution >= 0.6 is 0 Å². The first-order valence-corrected chi connectivity index (χ1v) is 8.74. The maximum Gasteiger partial charge on any atom is 0.318 e. The fourth-order valence-corrected chi connectivity index (χ4v) is 3.71. The van der Waals surface area contributed by atoms with Gasteiger partial charge in [-0.05, 0) is 41.7 Å². The Hall–Kier alpha value is -2.53. The smallest absolute Gasteiger partial charge is 0.318 e. The number of aromatic hydroxyl groups is 1. The van der Waals surface area contributed by atoms with Gasteiger partial charge in [-0.2, -0.15) is 0 Å². The Labute approximate surface area is 147 Å². The summed E-state index contributed by atoms with van der Waals surface area (Å²) in [5, 5.41) is 12.8. The number of carbonyl (C=O) groups excluding carboxylic acids is 1. The van der Waals surface area contributed by atoms with Gasteiger partial charge >= 0.3 is 6.03 Å². The van der Waals surface area contributed by atoms with Crippen LogP contribution in [0.1, 0.15) is 35.3 Å². The van der Waals surface area contributed by atoms with Gasteiger partial charge in [-0.3, -0.25) is 0 Å². The number of hydrogen-bond acceptors (Lipinski definition) is 3. The van der Waals surface area contributed by atoms with Gasteiger partial charge in [-0.1, -0.05) is 36.4 Å². The fourth-order valence-electron chi connectivity index (χ4n) is 3.71. The van der Waals surface area contributed by atoms with Crippen molar-refractivity contribution < 1.29 is 14.6 Å². The lowest BCUT2D eigenvalue weighted by Gasteiger charge is -2.34. The second-order valence-corrected chi connectivity index (χ2v) is 6.64. The van der Waals surface area contributed by atoms with E-state index in [1.807, 2.05) is 18.2 Å². The van der Waals surface area contributed by atoms with Crippen molar-refractivity contribution in [2.24, 2.45) is 0 Å². The molecule has 2 aliphatic rings. The number of ether oxygens (including phenoxy) is 1. The van der Waals surface area contributed by atoms with Crippen LogP contribution in [-0.2, 0) is 11.2 Å². The minimum Gasteiger partial charge on any atom is -0.508 e. The highest BCUT2D eigenvalue weighted by molar-refractivity contribution is 5.75. The van der Waals surface area contributed by atoms with Crippen molar-refractivity contribution in [2.75, 3.05) is 19.7 Å². The minimum atomic E-state index is -0.206. The number of benzene rings is 2. The van der Waals surface area contributed by atoms with Crippen molar-refractivity contribution in [3.05, 3.63) is 65.2 Å². The van der Waals surface area contributed by atoms with Crippen LogP contribution in [0.25, 0.3) is 0 Å². The highest BCUT2D eigenvalue weighted by Gasteiger charge is 2.29. The third kappa shape index (κ3) is 3.33. The molecule has 4 rings (SSSR count). The first kappa shape index (κ1) is 16.0. The van der Waals surface area contributed by atoms with Gasteiger partial charge < -0.3 is 20.1 Å². The topological polar surface area (TPSA) is 61.8 Å². The summed E-state index contributed by atoms with van der Waals surface area (Å²) in [4.78, 5) is 14.5. The molecule has 5 nitrogen and oxygen atoms in total. The lowest BCUT2D eigenvalue weighted by atomic mass is 10.1. The number of rotatable bonds is 2. The number of phenolic OH excluding ortho intramolecular Hbond substituents is 1. The van der Waals surface area contributed by atoms with Crippen LogP contribution in [0, 0.1) is 0 Å². The molecule has 2 atom stereocenters. The second kappa shape index (κ2) is 6.76. The highest BCUT2D eigenvalue weighted by Crippen LogP contribution is 2.31. The maximum atomic E-state index is 12.7. The Morgan fingerprint density at radius 3 is 2.96 bits per heavy atom. The predicted octanol–water partition coefficient (Wildman–Crippen LogP) is 3.16. The molecule has 1 aliphatic heterocycles. The number of carbonyl (C=O) groups is 1. The Kier molecular flexibility index (Phi) is 4.32. The van der Waals surface area contributed by atoms with Gasteiger partial charge in [-0.25, -0.2) is 4.79 Å². The zero-order valence-corrected chi connectivity index (χ0v) is 14.0. The summed E-state index contributed by atoms with van der Waals surface area (Å²) in [5.74, 6) is 0.213. The molecule has 0 radical (unpaired) electrons. The third-order valence-electron chi connectivity index (χ3n) is 5.03. The Morgan fingerprint density at radius 2 is 2.08 bits per heavy atom. The molecule has 1 saturated heterocycles. The van der Waals surface area contributed by atoms with E-state index in [1.165, 1.54) is 11.1 Å². The number of aryl methyl sites for hydroxylation is 1. The molecule has 0 spiro atoms. The van der Waals surface area contributed by atoms with E-state index in [9.17, 15) is 9.90 Å². The second-order valence-electron chi connectivity index (χ2n) is 6.64. The van der Waals surface area contributed by atoms with E-state index >= 15 is 0 Å². The lowest BCUT2D eigenvalue weighted by molar-refractivity contribution is -0.0158. The highest BCUT2D eigenvalue weighted by atomic mass is 16.5. The van der Waals surface area contributed by atoms with Crippen LogP contribution < -0.4 is 5.32 Å². The first-order chi connectivity index (χ1) is 12.2. The van der Waals surface area contributed by atoms with Gasteiger partial charge in [0, 0.05) is 6.54 Å². The number of amides is 2. The van der Waals surface area contributed by atoms with Gasteiger partial charge in [-0.15, -0.1) is 0 Å². The van der Waals surface area contributed by atoms with Gasteiger partial charge in [0.2, 0.25) is 0 Å². The van der Waals surface area contributed by atoms with Crippen LogP contribution in [0.15, 0.2) is 48.5 Å². The van der Waals surface area contributed by atoms with Crippen molar-refractivity contribution in [3.8, 4) is 5.75 Å². The molecule has 0 unspecified atom stereocenters. The van der Waals surface area contributed by atoms with E-state index < -0.39 is 0 Å². The molecule has 2 N–H and O–H groups in total. The fraction of sp³-hybridized carbons (Fsp3) is 0.350. The SMILES string of the molecule is O=C(N[C@@H]1CCc2ccccc21)N1CCO[C@@H](c2cccc(O)c2)C1. The molecule has 0 saturated carbocycles. The summed E-state index contributed by atoms with van der Waals surface area (Å²) in [6, 6.07) is 15.4. The molecular weight excluding hydrogens is 316 g/mol. The quantitative estimate of drug-likeness (QED) is 0.884. The molecule has 0 bridgehead atoms. The van der Waals surface area contributed by atoms with Crippen molar-refractivity contribution in [1.82, 2.24) is 10.2 Å². The maximum absolute atomic E-state index is 12.7. The summed E-state index contributed by atoms with van der Waals surface area (Å²) in [6.07, 6.45) is 1.75. The predicted molar refractivity (Wildman–Crippen MR) is 94.4 cm³/mol. The lowest BCUT2D eigenvalue weighted by Crippen LogP contribution is -2.47. The molecule has 1 aliphatic carbocycles. The van der Waals surface area contributed by atoms with E-state index in [1.54, 1.807) is 23.1 Å². The molecule has 130 valence electrons. The zero-order valence-electron chi connectivity index (χ0n) is 14.0. The third-order valence-corrected chi connectivity index (χ3v) is 5.03. The summed E-state index contributed by atoms with van der Waals surface area (Å²) in [5.41, 5.74) is 3.45. The number of phenols is 1. The van der Waals surface area contributed by atoms with Gasteiger partial charge in [0.05, 0.1) is 19.2 Å². The van der Waals surface area contributed by atoms with Gasteiger partial charge in [0.25, 0.3) is 0 Å². The number of fused-ring (bicyclic) bond motifs is 1. The summed E-state index contributed by atoms with van der Waals surface area (Å²) in [7, 11) is 0. The molecule has 2 aromatic carbocycles. The van der Waals surface area contributed by atoms with Gasteiger partial charge in [0.15, 0.2) is 0 Å². The molecular formula is C20H22N2O3. The van der Waals surface area contributed by atoms with Crippen LogP contribution in [0.3, 0.4) is 0 Å². The number of nitrogens with one attached hydrogen (secondary N) is 1. The standard InChI is InChI=1S/C20H22N2O3/c23-16-6-3-5-15(12-16)19-13-22(10-11-25-19)20(24)21-18-9-8-14-4-1-2-7-17(14)18/h1-7,12,18-19,23H,8-11,13H2,(H,21,24)/t18-,19-/m1/s1. The summed E-state index contributed by atoms with van der Waals surface area (Å²) >= 11 is 0. The number of hydrogen-bond donors (Lipinski definition) is 2. The largest absolute Gasteiger partial charge is 0.508 e. The molecule has 0 aromatic heterocycles. The van der Waals surface area contributed by atoms with E-state index in [-0.39, 0.29) is 23.9 Å². The molecule has 25 heavy (non-hydrogen) atoms. The van der Waals surface area contributed by atoms with Gasteiger partial charge in [0.1, 0.15) is 11.9 Å². The Balaban J connectivity index is 1.42. The normalized spacial score (nSPS) is 22.5. The van der Waals surface area contributed by atoms with Crippen molar-refractivity contribution >= 4 is 6.03 Å². The van der Waals surface area contributed by atoms with Crippen LogP contribution in [0.5, 0.6) is 5.75 Å². The molecule has 5 heteroatoms. The van der Waals surface area contributed by atoms with E-state index in [4.69, 9.17) is 4.74 Å². The van der Waals surface area contributed by atoms with E-state index in [2.05, 4.69) is 17.4 Å². The first-order valence-electron chi connectivity index (χ1n) is 8.74. The number of urea groups is 1. The zero-order chi connectivity index (χ0) is 17.2. The number of nitrogens with zero attached hydrogens (tertiary/aromatic N) is 1. The van der Waals surface area contributed by atoms with Crippen molar-refractivity contribution in [3.63, 3.8) is 0 Å². The van der Waals surface area contributed by atoms with Crippen molar-refractivity contribution in [2.45, 2.75) is 25.0 Å². The average Bonchev–Trinajstić information content (AvgIpc) is 3.05. The Bertz CT molecular complexity index is 777. The molecule has 1 fully saturated rings. The monoisotopic (exact) mass is 338 g/mol. The van der Waals surface area contributed by atoms with Crippen LogP contribution in [0.2, 0.25) is 0 Å². The average molecular weight is 338 g/mol. The van der Waals surface area contributed by atoms with E-state index in [0.29, 0.717) is 19.7 Å². The van der Waals surface area contributed by atoms with E-state index in [0.717, 1.165) is 18.4 Å².